The fourth-order valence-electron chi connectivity index (χ4n) is 1.08. The summed E-state index contributed by atoms with van der Waals surface area (Å²) in [5.74, 6) is 0. The predicted octanol–water partition coefficient (Wildman–Crippen LogP) is 1.90. The van der Waals surface area contributed by atoms with Crippen LogP contribution >= 0.6 is 29.8 Å². The summed E-state index contributed by atoms with van der Waals surface area (Å²) in [4.78, 5) is 0. The molecule has 2 rings (SSSR count). The molecule has 0 spiro atoms. The van der Waals surface area contributed by atoms with E-state index in [1.54, 1.807) is 0 Å². The van der Waals surface area contributed by atoms with Crippen LogP contribution in [0.2, 0.25) is 0 Å². The maximum Gasteiger partial charge on any atom is 0.0355 e. The Kier molecular flexibility index (Phi) is 1.97. The van der Waals surface area contributed by atoms with Crippen molar-refractivity contribution < 1.29 is 0 Å². The Morgan fingerprint density at radius 3 is 2.55 bits per heavy atom. The third-order valence-corrected chi connectivity index (χ3v) is 4.51. The molecule has 0 nitrogen and oxygen atoms in total. The summed E-state index contributed by atoms with van der Waals surface area (Å²) in [7, 11) is 5.54. The highest BCUT2D eigenvalue weighted by Crippen LogP contribution is 2.19. The third kappa shape index (κ3) is 1.22. The average molecular weight is 198 g/mol. The third-order valence-electron chi connectivity index (χ3n) is 1.66. The second-order valence-electron chi connectivity index (χ2n) is 2.38. The minimum Gasteiger partial charge on any atom is -0.135 e. The lowest BCUT2D eigenvalue weighted by Crippen LogP contribution is -2.01. The quantitative estimate of drug-likeness (QED) is 0.567. The number of benzene rings is 1. The molecular weight excluding hydrogens is 190 g/mol. The Labute approximate surface area is 74.4 Å². The van der Waals surface area contributed by atoms with Crippen LogP contribution in [0.15, 0.2) is 24.3 Å². The molecule has 2 aromatic rings. The van der Waals surface area contributed by atoms with Crippen LogP contribution in [-0.2, 0) is 0 Å². The standard InChI is InChI=1S/C8H8P2S/c9-7-5-3-1-2-4-6(5)11-8(7)10/h1-4H,9-10H2. The van der Waals surface area contributed by atoms with E-state index in [1.807, 2.05) is 11.3 Å². The molecule has 0 aliphatic rings. The van der Waals surface area contributed by atoms with E-state index in [1.165, 1.54) is 20.0 Å². The van der Waals surface area contributed by atoms with Crippen molar-refractivity contribution in [3.8, 4) is 0 Å². The molecule has 0 bridgehead atoms. The molecule has 0 saturated carbocycles. The lowest BCUT2D eigenvalue weighted by atomic mass is 10.3. The molecule has 2 unspecified atom stereocenters. The van der Waals surface area contributed by atoms with Gasteiger partial charge in [0.05, 0.1) is 0 Å². The first-order valence-electron chi connectivity index (χ1n) is 3.31. The lowest BCUT2D eigenvalue weighted by Gasteiger charge is -1.88. The second kappa shape index (κ2) is 2.83. The van der Waals surface area contributed by atoms with E-state index in [0.29, 0.717) is 0 Å². The largest absolute Gasteiger partial charge is 0.135 e. The minimum absolute atomic E-state index is 1.32. The lowest BCUT2D eigenvalue weighted by molar-refractivity contribution is 1.87. The molecule has 3 heteroatoms. The van der Waals surface area contributed by atoms with E-state index in [-0.39, 0.29) is 0 Å². The van der Waals surface area contributed by atoms with Crippen LogP contribution < -0.4 is 9.92 Å². The molecule has 2 atom stereocenters. The summed E-state index contributed by atoms with van der Waals surface area (Å²) >= 11 is 1.82. The highest BCUT2D eigenvalue weighted by molar-refractivity contribution is 7.50. The van der Waals surface area contributed by atoms with Gasteiger partial charge in [0.25, 0.3) is 0 Å². The molecule has 1 heterocycles. The van der Waals surface area contributed by atoms with Crippen LogP contribution in [0.3, 0.4) is 0 Å². The summed E-state index contributed by atoms with van der Waals surface area (Å²) in [5.41, 5.74) is 0. The summed E-state index contributed by atoms with van der Waals surface area (Å²) in [6, 6.07) is 8.46. The van der Waals surface area contributed by atoms with Crippen molar-refractivity contribution in [1.29, 1.82) is 0 Å². The molecule has 0 radical (unpaired) electrons. The van der Waals surface area contributed by atoms with Crippen molar-refractivity contribution in [3.63, 3.8) is 0 Å². The van der Waals surface area contributed by atoms with Gasteiger partial charge in [0, 0.05) is 14.7 Å². The van der Waals surface area contributed by atoms with Gasteiger partial charge in [-0.2, -0.15) is 0 Å². The maximum absolute atomic E-state index is 2.78. The van der Waals surface area contributed by atoms with Gasteiger partial charge < -0.3 is 0 Å². The van der Waals surface area contributed by atoms with E-state index in [4.69, 9.17) is 0 Å². The zero-order valence-electron chi connectivity index (χ0n) is 5.87. The van der Waals surface area contributed by atoms with Crippen LogP contribution in [0.1, 0.15) is 0 Å². The van der Waals surface area contributed by atoms with Crippen molar-refractivity contribution in [2.45, 2.75) is 0 Å². The molecule has 56 valence electrons. The minimum atomic E-state index is 1.32. The van der Waals surface area contributed by atoms with E-state index < -0.39 is 0 Å². The Balaban J connectivity index is 2.92. The number of thiophene rings is 1. The normalized spacial score (nSPS) is 10.7. The van der Waals surface area contributed by atoms with Gasteiger partial charge in [-0.3, -0.25) is 0 Å². The van der Waals surface area contributed by atoms with Gasteiger partial charge >= 0.3 is 0 Å². The van der Waals surface area contributed by atoms with E-state index >= 15 is 0 Å². The number of fused-ring (bicyclic) bond motifs is 1. The van der Waals surface area contributed by atoms with Crippen LogP contribution in [0, 0.1) is 0 Å². The fraction of sp³-hybridized carbons (Fsp3) is 0. The van der Waals surface area contributed by atoms with Gasteiger partial charge in [-0.05, 0) is 11.4 Å². The molecule has 0 saturated heterocycles. The van der Waals surface area contributed by atoms with Crippen molar-refractivity contribution in [2.75, 3.05) is 0 Å². The fourth-order valence-corrected chi connectivity index (χ4v) is 3.05. The number of rotatable bonds is 0. The van der Waals surface area contributed by atoms with Crippen molar-refractivity contribution >= 4 is 49.8 Å². The SMILES string of the molecule is Pc1sc2ccccc2c1P. The Hall–Kier alpha value is 0.0400. The summed E-state index contributed by atoms with van der Waals surface area (Å²) in [5, 5.41) is 2.67. The van der Waals surface area contributed by atoms with Crippen LogP contribution in [0.25, 0.3) is 10.1 Å². The molecule has 0 aliphatic carbocycles. The average Bonchev–Trinajstić information content (AvgIpc) is 2.30. The van der Waals surface area contributed by atoms with Crippen LogP contribution in [-0.4, -0.2) is 0 Å². The molecule has 11 heavy (non-hydrogen) atoms. The van der Waals surface area contributed by atoms with E-state index in [0.717, 1.165) is 0 Å². The van der Waals surface area contributed by atoms with Crippen LogP contribution in [0.4, 0.5) is 0 Å². The molecular formula is C8H8P2S. The Morgan fingerprint density at radius 1 is 1.09 bits per heavy atom. The van der Waals surface area contributed by atoms with Gasteiger partial charge in [0.15, 0.2) is 0 Å². The summed E-state index contributed by atoms with van der Waals surface area (Å²) in [6.45, 7) is 0. The Morgan fingerprint density at radius 2 is 1.82 bits per heavy atom. The smallest absolute Gasteiger partial charge is 0.0355 e. The first kappa shape index (κ1) is 7.68. The molecule has 1 aromatic carbocycles. The van der Waals surface area contributed by atoms with Gasteiger partial charge in [-0.25, -0.2) is 0 Å². The van der Waals surface area contributed by atoms with Gasteiger partial charge in [-0.15, -0.1) is 20.6 Å². The summed E-state index contributed by atoms with van der Waals surface area (Å²) in [6.07, 6.45) is 0. The molecule has 1 aromatic heterocycles. The highest BCUT2D eigenvalue weighted by Gasteiger charge is 2.02. The van der Waals surface area contributed by atoms with E-state index in [2.05, 4.69) is 42.7 Å². The molecule has 0 amide bonds. The van der Waals surface area contributed by atoms with Crippen molar-refractivity contribution in [3.05, 3.63) is 24.3 Å². The van der Waals surface area contributed by atoms with Gasteiger partial charge in [-0.1, -0.05) is 27.4 Å². The maximum atomic E-state index is 2.78. The monoisotopic (exact) mass is 198 g/mol. The predicted molar refractivity (Wildman–Crippen MR) is 60.5 cm³/mol. The van der Waals surface area contributed by atoms with Gasteiger partial charge in [0.2, 0.25) is 0 Å². The highest BCUT2D eigenvalue weighted by atomic mass is 32.1. The topological polar surface area (TPSA) is 0 Å². The zero-order chi connectivity index (χ0) is 7.84. The van der Waals surface area contributed by atoms with Crippen LogP contribution in [0.5, 0.6) is 0 Å². The van der Waals surface area contributed by atoms with E-state index in [9.17, 15) is 0 Å². The molecule has 0 aliphatic heterocycles. The first-order chi connectivity index (χ1) is 5.29. The number of hydrogen-bond acceptors (Lipinski definition) is 1. The van der Waals surface area contributed by atoms with Crippen molar-refractivity contribution in [1.82, 2.24) is 0 Å². The number of hydrogen-bond donors (Lipinski definition) is 0. The first-order valence-corrected chi connectivity index (χ1v) is 5.28. The van der Waals surface area contributed by atoms with Gasteiger partial charge in [0.1, 0.15) is 0 Å². The second-order valence-corrected chi connectivity index (χ2v) is 5.03. The van der Waals surface area contributed by atoms with Crippen molar-refractivity contribution in [2.24, 2.45) is 0 Å². The Bertz CT molecular complexity index is 392. The molecule has 0 N–H and O–H groups in total. The molecule has 0 fully saturated rings. The summed E-state index contributed by atoms with van der Waals surface area (Å²) < 4.78 is 2.68. The zero-order valence-corrected chi connectivity index (χ0v) is 9.00.